The van der Waals surface area contributed by atoms with Gasteiger partial charge >= 0.3 is 0 Å². The summed E-state index contributed by atoms with van der Waals surface area (Å²) < 4.78 is 23.7. The van der Waals surface area contributed by atoms with Crippen LogP contribution >= 0.6 is 0 Å². The van der Waals surface area contributed by atoms with E-state index < -0.39 is 15.4 Å². The first-order valence-electron chi connectivity index (χ1n) is 4.06. The summed E-state index contributed by atoms with van der Waals surface area (Å²) in [5.41, 5.74) is 5.22. The van der Waals surface area contributed by atoms with Gasteiger partial charge in [0.15, 0.2) is 9.84 Å². The Morgan fingerprint density at radius 2 is 2.07 bits per heavy atom. The van der Waals surface area contributed by atoms with Gasteiger partial charge in [-0.25, -0.2) is 8.42 Å². The Bertz CT molecular complexity index is 502. The average Bonchev–Trinajstić information content (AvgIpc) is 2.06. The number of nitrogens with zero attached hydrogens (tertiary/aromatic N) is 1. The summed E-state index contributed by atoms with van der Waals surface area (Å²) >= 11 is 0. The minimum Gasteiger partial charge on any atom is -0.398 e. The maximum Gasteiger partial charge on any atom is 0.269 e. The number of sulfone groups is 1. The highest BCUT2D eigenvalue weighted by Crippen LogP contribution is 2.07. The van der Waals surface area contributed by atoms with Gasteiger partial charge in [0.1, 0.15) is 4.90 Å². The highest BCUT2D eigenvalue weighted by molar-refractivity contribution is 7.90. The van der Waals surface area contributed by atoms with Crippen molar-refractivity contribution in [1.29, 1.82) is 0 Å². The second-order valence-corrected chi connectivity index (χ2v) is 4.99. The highest BCUT2D eigenvalue weighted by Gasteiger charge is 2.14. The number of anilines is 1. The zero-order valence-corrected chi connectivity index (χ0v) is 8.84. The number of nitrogens with two attached hydrogens (primary N) is 1. The molecule has 0 aromatic carbocycles. The number of aromatic nitrogens is 1. The number of hydrogen-bond acceptors (Lipinski definition) is 4. The lowest BCUT2D eigenvalue weighted by atomic mass is 10.4. The highest BCUT2D eigenvalue weighted by atomic mass is 32.2. The van der Waals surface area contributed by atoms with Crippen LogP contribution < -0.4 is 11.3 Å². The molecular formula is C8H12N2O3S. The molecule has 6 heteroatoms. The Balaban J connectivity index is 3.62. The molecule has 1 rings (SSSR count). The Labute approximate surface area is 82.1 Å². The molecular weight excluding hydrogens is 204 g/mol. The lowest BCUT2D eigenvalue weighted by Gasteiger charge is -2.05. The molecule has 0 radical (unpaired) electrons. The van der Waals surface area contributed by atoms with Crippen molar-refractivity contribution in [3.63, 3.8) is 0 Å². The fraction of sp³-hybridized carbons (Fsp3) is 0.375. The zero-order chi connectivity index (χ0) is 10.9. The van der Waals surface area contributed by atoms with Gasteiger partial charge in [-0.05, 0) is 13.0 Å². The quantitative estimate of drug-likeness (QED) is 0.745. The van der Waals surface area contributed by atoms with Crippen molar-refractivity contribution >= 4 is 15.5 Å². The maximum absolute atomic E-state index is 11.5. The third kappa shape index (κ3) is 1.95. The minimum atomic E-state index is -3.50. The molecule has 0 aliphatic heterocycles. The Kier molecular flexibility index (Phi) is 2.66. The summed E-state index contributed by atoms with van der Waals surface area (Å²) in [5.74, 6) is 0. The van der Waals surface area contributed by atoms with Crippen LogP contribution in [0.1, 0.15) is 6.92 Å². The van der Waals surface area contributed by atoms with Crippen LogP contribution in [0.15, 0.2) is 22.0 Å². The van der Waals surface area contributed by atoms with Crippen molar-refractivity contribution in [2.24, 2.45) is 0 Å². The van der Waals surface area contributed by atoms with Gasteiger partial charge in [-0.3, -0.25) is 4.79 Å². The van der Waals surface area contributed by atoms with Crippen molar-refractivity contribution in [2.45, 2.75) is 18.4 Å². The summed E-state index contributed by atoms with van der Waals surface area (Å²) in [4.78, 5) is 11.3. The summed E-state index contributed by atoms with van der Waals surface area (Å²) in [7, 11) is -3.50. The van der Waals surface area contributed by atoms with E-state index in [1.807, 2.05) is 0 Å². The van der Waals surface area contributed by atoms with Crippen LogP contribution in [0.2, 0.25) is 0 Å². The Morgan fingerprint density at radius 3 is 2.50 bits per heavy atom. The molecule has 1 aromatic rings. The molecule has 0 amide bonds. The van der Waals surface area contributed by atoms with Crippen molar-refractivity contribution in [1.82, 2.24) is 4.57 Å². The van der Waals surface area contributed by atoms with Crippen molar-refractivity contribution in [2.75, 3.05) is 12.0 Å². The molecule has 1 aromatic heterocycles. The summed E-state index contributed by atoms with van der Waals surface area (Å²) in [6.45, 7) is 2.14. The van der Waals surface area contributed by atoms with Crippen molar-refractivity contribution in [3.05, 3.63) is 22.6 Å². The average molecular weight is 216 g/mol. The third-order valence-electron chi connectivity index (χ3n) is 1.81. The van der Waals surface area contributed by atoms with E-state index in [1.165, 1.54) is 16.8 Å². The van der Waals surface area contributed by atoms with Crippen molar-refractivity contribution in [3.8, 4) is 0 Å². The molecule has 1 heterocycles. The third-order valence-corrected chi connectivity index (χ3v) is 2.91. The minimum absolute atomic E-state index is 0.251. The number of aryl methyl sites for hydroxylation is 1. The summed E-state index contributed by atoms with van der Waals surface area (Å²) in [6.07, 6.45) is 2.42. The molecule has 14 heavy (non-hydrogen) atoms. The SMILES string of the molecule is CCn1cc(N)cc(S(C)(=O)=O)c1=O. The molecule has 78 valence electrons. The molecule has 0 spiro atoms. The van der Waals surface area contributed by atoms with Gasteiger partial charge in [-0.2, -0.15) is 0 Å². The predicted molar refractivity (Wildman–Crippen MR) is 53.9 cm³/mol. The first-order valence-corrected chi connectivity index (χ1v) is 5.95. The second kappa shape index (κ2) is 3.45. The predicted octanol–water partition coefficient (Wildman–Crippen LogP) is -0.146. The van der Waals surface area contributed by atoms with Crippen LogP contribution in [-0.4, -0.2) is 19.2 Å². The van der Waals surface area contributed by atoms with E-state index in [1.54, 1.807) is 6.92 Å². The number of rotatable bonds is 2. The molecule has 0 saturated heterocycles. The topological polar surface area (TPSA) is 82.2 Å². The van der Waals surface area contributed by atoms with Crippen molar-refractivity contribution < 1.29 is 8.42 Å². The molecule has 0 saturated carbocycles. The van der Waals surface area contributed by atoms with E-state index in [-0.39, 0.29) is 10.6 Å². The second-order valence-electron chi connectivity index (χ2n) is 3.00. The van der Waals surface area contributed by atoms with Crippen LogP contribution in [0.25, 0.3) is 0 Å². The summed E-state index contributed by atoms with van der Waals surface area (Å²) in [6, 6.07) is 1.18. The van der Waals surface area contributed by atoms with Gasteiger partial charge in [0.05, 0.1) is 0 Å². The molecule has 0 aliphatic carbocycles. The lowest BCUT2D eigenvalue weighted by molar-refractivity contribution is 0.597. The molecule has 0 fully saturated rings. The molecule has 0 atom stereocenters. The van der Waals surface area contributed by atoms with E-state index in [2.05, 4.69) is 0 Å². The standard InChI is InChI=1S/C8H12N2O3S/c1-3-10-5-6(9)4-7(8(10)11)14(2,12)13/h4-5H,3,9H2,1-2H3. The molecule has 0 bridgehead atoms. The monoisotopic (exact) mass is 216 g/mol. The fourth-order valence-corrected chi connectivity index (χ4v) is 1.92. The van der Waals surface area contributed by atoms with Gasteiger partial charge in [0.25, 0.3) is 5.56 Å². The largest absolute Gasteiger partial charge is 0.398 e. The number of pyridine rings is 1. The van der Waals surface area contributed by atoms with Gasteiger partial charge < -0.3 is 10.3 Å². The Hall–Kier alpha value is -1.30. The van der Waals surface area contributed by atoms with Gasteiger partial charge in [0, 0.05) is 24.7 Å². The van der Waals surface area contributed by atoms with Gasteiger partial charge in [-0.1, -0.05) is 0 Å². The number of hydrogen-bond donors (Lipinski definition) is 1. The van der Waals surface area contributed by atoms with E-state index in [4.69, 9.17) is 5.73 Å². The molecule has 2 N–H and O–H groups in total. The van der Waals surface area contributed by atoms with Crippen LogP contribution in [0.3, 0.4) is 0 Å². The summed E-state index contributed by atoms with van der Waals surface area (Å²) in [5, 5.41) is 0. The van der Waals surface area contributed by atoms with E-state index in [0.717, 1.165) is 6.26 Å². The van der Waals surface area contributed by atoms with Gasteiger partial charge in [-0.15, -0.1) is 0 Å². The van der Waals surface area contributed by atoms with Crippen LogP contribution in [0, 0.1) is 0 Å². The fourth-order valence-electron chi connectivity index (χ4n) is 1.13. The first-order chi connectivity index (χ1) is 6.36. The van der Waals surface area contributed by atoms with E-state index >= 15 is 0 Å². The zero-order valence-electron chi connectivity index (χ0n) is 8.02. The van der Waals surface area contributed by atoms with E-state index in [9.17, 15) is 13.2 Å². The van der Waals surface area contributed by atoms with Crippen LogP contribution in [0.4, 0.5) is 5.69 Å². The number of nitrogen functional groups attached to an aromatic ring is 1. The molecule has 0 unspecified atom stereocenters. The molecule has 5 nitrogen and oxygen atoms in total. The first kappa shape index (κ1) is 10.8. The van der Waals surface area contributed by atoms with Crippen LogP contribution in [-0.2, 0) is 16.4 Å². The normalized spacial score (nSPS) is 11.6. The smallest absolute Gasteiger partial charge is 0.269 e. The van der Waals surface area contributed by atoms with Crippen LogP contribution in [0.5, 0.6) is 0 Å². The molecule has 0 aliphatic rings. The Morgan fingerprint density at radius 1 is 1.50 bits per heavy atom. The lowest BCUT2D eigenvalue weighted by Crippen LogP contribution is -2.25. The van der Waals surface area contributed by atoms with E-state index in [0.29, 0.717) is 6.54 Å². The van der Waals surface area contributed by atoms with Gasteiger partial charge in [0.2, 0.25) is 0 Å². The maximum atomic E-state index is 11.5.